The fraction of sp³-hybridized carbons (Fsp3) is 0.650. The Morgan fingerprint density at radius 1 is 1.30 bits per heavy atom. The number of aliphatic hydroxyl groups is 1. The van der Waals surface area contributed by atoms with E-state index in [1.165, 1.54) is 12.0 Å². The van der Waals surface area contributed by atoms with Crippen molar-refractivity contribution in [2.75, 3.05) is 6.54 Å². The number of rotatable bonds is 7. The standard InChI is InChI=1S/C20H29NO2/c1-2-18(22)9-6-12-20(23)13-17-10-11-19(20)21(15-17)14-16-7-4-3-5-8-16/h3-5,7-8,17,19,23H,2,6,9-15H2,1H3. The number of fused-ring (bicyclic) bond motifs is 3. The van der Waals surface area contributed by atoms with Gasteiger partial charge in [0.25, 0.3) is 0 Å². The first kappa shape index (κ1) is 16.7. The highest BCUT2D eigenvalue weighted by atomic mass is 16.3. The summed E-state index contributed by atoms with van der Waals surface area (Å²) in [5, 5.41) is 11.2. The van der Waals surface area contributed by atoms with E-state index in [1.807, 2.05) is 13.0 Å². The molecule has 3 aliphatic rings. The molecule has 3 heteroatoms. The van der Waals surface area contributed by atoms with Crippen LogP contribution in [0.1, 0.15) is 57.4 Å². The van der Waals surface area contributed by atoms with E-state index in [0.717, 1.165) is 38.8 Å². The van der Waals surface area contributed by atoms with Crippen molar-refractivity contribution < 1.29 is 9.90 Å². The molecule has 0 amide bonds. The van der Waals surface area contributed by atoms with Crippen LogP contribution in [0.4, 0.5) is 0 Å². The van der Waals surface area contributed by atoms with Crippen LogP contribution in [0, 0.1) is 5.92 Å². The zero-order valence-corrected chi connectivity index (χ0v) is 14.2. The Bertz CT molecular complexity index is 530. The SMILES string of the molecule is CCC(=O)CCCC1(O)CC2CCC1N(Cc1ccccc1)C2. The lowest BCUT2D eigenvalue weighted by molar-refractivity contribution is -0.140. The van der Waals surface area contributed by atoms with Crippen molar-refractivity contribution in [2.24, 2.45) is 5.92 Å². The number of Topliss-reactive ketones (excluding diaryl/α,β-unsaturated/α-hetero) is 1. The summed E-state index contributed by atoms with van der Waals surface area (Å²) in [7, 11) is 0. The summed E-state index contributed by atoms with van der Waals surface area (Å²) in [5.74, 6) is 0.922. The van der Waals surface area contributed by atoms with Gasteiger partial charge in [-0.15, -0.1) is 0 Å². The van der Waals surface area contributed by atoms with Crippen molar-refractivity contribution in [3.05, 3.63) is 35.9 Å². The van der Waals surface area contributed by atoms with Gasteiger partial charge in [-0.2, -0.15) is 0 Å². The van der Waals surface area contributed by atoms with Crippen LogP contribution in [0.5, 0.6) is 0 Å². The molecule has 3 fully saturated rings. The summed E-state index contributed by atoms with van der Waals surface area (Å²) in [6, 6.07) is 10.8. The van der Waals surface area contributed by atoms with E-state index in [-0.39, 0.29) is 6.04 Å². The van der Waals surface area contributed by atoms with E-state index in [2.05, 4.69) is 29.2 Å². The first-order chi connectivity index (χ1) is 11.1. The van der Waals surface area contributed by atoms with Gasteiger partial charge in [-0.25, -0.2) is 0 Å². The monoisotopic (exact) mass is 315 g/mol. The van der Waals surface area contributed by atoms with Gasteiger partial charge < -0.3 is 5.11 Å². The van der Waals surface area contributed by atoms with Crippen molar-refractivity contribution in [2.45, 2.75) is 70.1 Å². The number of nitrogens with zero attached hydrogens (tertiary/aromatic N) is 1. The molecule has 2 aliphatic heterocycles. The van der Waals surface area contributed by atoms with Crippen LogP contribution in [-0.2, 0) is 11.3 Å². The molecule has 0 spiro atoms. The smallest absolute Gasteiger partial charge is 0.132 e. The summed E-state index contributed by atoms with van der Waals surface area (Å²) < 4.78 is 0. The quantitative estimate of drug-likeness (QED) is 0.836. The molecule has 0 aromatic heterocycles. The number of carbonyl (C=O) groups is 1. The number of ketones is 1. The Kier molecular flexibility index (Phi) is 5.17. The molecule has 23 heavy (non-hydrogen) atoms. The molecular formula is C20H29NO2. The van der Waals surface area contributed by atoms with Gasteiger partial charge in [0.05, 0.1) is 5.60 Å². The minimum Gasteiger partial charge on any atom is -0.388 e. The molecule has 2 heterocycles. The lowest BCUT2D eigenvalue weighted by Gasteiger charge is -2.55. The van der Waals surface area contributed by atoms with E-state index in [1.54, 1.807) is 0 Å². The zero-order valence-electron chi connectivity index (χ0n) is 14.2. The third-order valence-electron chi connectivity index (χ3n) is 5.73. The highest BCUT2D eigenvalue weighted by Crippen LogP contribution is 2.44. The Morgan fingerprint density at radius 2 is 2.09 bits per heavy atom. The van der Waals surface area contributed by atoms with Gasteiger partial charge in [0.2, 0.25) is 0 Å². The average Bonchev–Trinajstić information content (AvgIpc) is 2.55. The van der Waals surface area contributed by atoms with Crippen LogP contribution < -0.4 is 0 Å². The maximum absolute atomic E-state index is 11.5. The van der Waals surface area contributed by atoms with Crippen molar-refractivity contribution in [3.63, 3.8) is 0 Å². The summed E-state index contributed by atoms with van der Waals surface area (Å²) >= 11 is 0. The molecule has 126 valence electrons. The van der Waals surface area contributed by atoms with Gasteiger partial charge >= 0.3 is 0 Å². The lowest BCUT2D eigenvalue weighted by atomic mass is 9.67. The Hall–Kier alpha value is -1.19. The van der Waals surface area contributed by atoms with Crippen LogP contribution in [0.15, 0.2) is 30.3 Å². The van der Waals surface area contributed by atoms with Crippen LogP contribution in [0.2, 0.25) is 0 Å². The highest BCUT2D eigenvalue weighted by molar-refractivity contribution is 5.77. The summed E-state index contributed by atoms with van der Waals surface area (Å²) in [4.78, 5) is 14.0. The van der Waals surface area contributed by atoms with Crippen LogP contribution in [-0.4, -0.2) is 34.0 Å². The second-order valence-electron chi connectivity index (χ2n) is 7.43. The molecule has 3 atom stereocenters. The molecular weight excluding hydrogens is 286 g/mol. The van der Waals surface area contributed by atoms with Crippen molar-refractivity contribution in [1.29, 1.82) is 0 Å². The number of piperidine rings is 2. The van der Waals surface area contributed by atoms with Crippen LogP contribution >= 0.6 is 0 Å². The minimum atomic E-state index is -0.593. The lowest BCUT2D eigenvalue weighted by Crippen LogP contribution is -2.62. The van der Waals surface area contributed by atoms with Gasteiger partial charge in [-0.05, 0) is 43.6 Å². The van der Waals surface area contributed by atoms with E-state index < -0.39 is 5.60 Å². The van der Waals surface area contributed by atoms with Crippen LogP contribution in [0.3, 0.4) is 0 Å². The summed E-state index contributed by atoms with van der Waals surface area (Å²) in [6.07, 6.45) is 6.08. The first-order valence-corrected chi connectivity index (χ1v) is 9.13. The molecule has 1 aromatic carbocycles. The van der Waals surface area contributed by atoms with Crippen molar-refractivity contribution in [3.8, 4) is 0 Å². The molecule has 1 aromatic rings. The van der Waals surface area contributed by atoms with Gasteiger partial charge in [0.15, 0.2) is 0 Å². The van der Waals surface area contributed by atoms with Crippen molar-refractivity contribution in [1.82, 2.24) is 4.90 Å². The summed E-state index contributed by atoms with van der Waals surface area (Å²) in [6.45, 7) is 3.95. The molecule has 2 bridgehead atoms. The van der Waals surface area contributed by atoms with E-state index in [9.17, 15) is 9.90 Å². The Morgan fingerprint density at radius 3 is 2.78 bits per heavy atom. The molecule has 0 radical (unpaired) electrons. The second kappa shape index (κ2) is 7.14. The molecule has 1 aliphatic carbocycles. The molecule has 1 saturated carbocycles. The third kappa shape index (κ3) is 3.84. The molecule has 3 nitrogen and oxygen atoms in total. The number of hydrogen-bond donors (Lipinski definition) is 1. The molecule has 3 unspecified atom stereocenters. The highest BCUT2D eigenvalue weighted by Gasteiger charge is 2.49. The topological polar surface area (TPSA) is 40.5 Å². The average molecular weight is 315 g/mol. The van der Waals surface area contributed by atoms with E-state index in [4.69, 9.17) is 0 Å². The van der Waals surface area contributed by atoms with Gasteiger partial charge in [-0.3, -0.25) is 9.69 Å². The predicted octanol–water partition coefficient (Wildman–Crippen LogP) is 3.55. The van der Waals surface area contributed by atoms with Gasteiger partial charge in [-0.1, -0.05) is 37.3 Å². The predicted molar refractivity (Wildman–Crippen MR) is 92.1 cm³/mol. The first-order valence-electron chi connectivity index (χ1n) is 9.13. The second-order valence-corrected chi connectivity index (χ2v) is 7.43. The van der Waals surface area contributed by atoms with E-state index >= 15 is 0 Å². The third-order valence-corrected chi connectivity index (χ3v) is 5.73. The van der Waals surface area contributed by atoms with Gasteiger partial charge in [0, 0.05) is 32.0 Å². The number of carbonyl (C=O) groups excluding carboxylic acids is 1. The van der Waals surface area contributed by atoms with E-state index in [0.29, 0.717) is 24.5 Å². The zero-order chi connectivity index (χ0) is 16.3. The fourth-order valence-electron chi connectivity index (χ4n) is 4.57. The normalized spacial score (nSPS) is 30.5. The molecule has 1 N–H and O–H groups in total. The van der Waals surface area contributed by atoms with Crippen molar-refractivity contribution >= 4 is 5.78 Å². The largest absolute Gasteiger partial charge is 0.388 e. The number of hydrogen-bond acceptors (Lipinski definition) is 3. The minimum absolute atomic E-state index is 0.254. The Labute approximate surface area is 139 Å². The van der Waals surface area contributed by atoms with Crippen LogP contribution in [0.25, 0.3) is 0 Å². The summed E-state index contributed by atoms with van der Waals surface area (Å²) in [5.41, 5.74) is 0.729. The number of benzene rings is 1. The van der Waals surface area contributed by atoms with Gasteiger partial charge in [0.1, 0.15) is 5.78 Å². The molecule has 4 rings (SSSR count). The Balaban J connectivity index is 1.64. The fourth-order valence-corrected chi connectivity index (χ4v) is 4.57. The maximum Gasteiger partial charge on any atom is 0.132 e. The molecule has 2 saturated heterocycles. The maximum atomic E-state index is 11.5.